The van der Waals surface area contributed by atoms with Gasteiger partial charge in [-0.25, -0.2) is 0 Å². The highest BCUT2D eigenvalue weighted by molar-refractivity contribution is 4.69. The fourth-order valence-corrected chi connectivity index (χ4v) is 2.33. The normalized spacial score (nSPS) is 19.5. The summed E-state index contributed by atoms with van der Waals surface area (Å²) in [7, 11) is 2.22. The van der Waals surface area contributed by atoms with E-state index in [1.807, 2.05) is 0 Å². The van der Waals surface area contributed by atoms with Crippen molar-refractivity contribution in [1.29, 1.82) is 0 Å². The van der Waals surface area contributed by atoms with E-state index in [2.05, 4.69) is 35.6 Å². The number of hydrogen-bond acceptors (Lipinski definition) is 3. The van der Waals surface area contributed by atoms with Crippen LogP contribution in [0.25, 0.3) is 0 Å². The molecule has 0 saturated carbocycles. The molecule has 1 aliphatic heterocycles. The zero-order valence-corrected chi connectivity index (χ0v) is 11.4. The van der Waals surface area contributed by atoms with Crippen molar-refractivity contribution in [2.45, 2.75) is 26.7 Å². The fourth-order valence-electron chi connectivity index (χ4n) is 2.33. The lowest BCUT2D eigenvalue weighted by molar-refractivity contribution is 0.146. The molecular weight excluding hydrogens is 198 g/mol. The van der Waals surface area contributed by atoms with E-state index in [9.17, 15) is 0 Å². The Morgan fingerprint density at radius 3 is 2.25 bits per heavy atom. The molecule has 0 radical (unpaired) electrons. The standard InChI is InChI=1S/C13H29N3/c1-4-7-15(5-2)8-6-9-16-12-10-14(3)11-13-16/h4-13H2,1-3H3. The lowest BCUT2D eigenvalue weighted by Crippen LogP contribution is -2.45. The Morgan fingerprint density at radius 2 is 1.69 bits per heavy atom. The minimum atomic E-state index is 1.20. The number of likely N-dealkylation sites (N-methyl/N-ethyl adjacent to an activating group) is 1. The molecule has 1 saturated heterocycles. The Bertz CT molecular complexity index is 165. The van der Waals surface area contributed by atoms with Crippen molar-refractivity contribution in [2.24, 2.45) is 0 Å². The Hall–Kier alpha value is -0.120. The monoisotopic (exact) mass is 227 g/mol. The average Bonchev–Trinajstić information content (AvgIpc) is 2.30. The van der Waals surface area contributed by atoms with Crippen LogP contribution < -0.4 is 0 Å². The third-order valence-corrected chi connectivity index (χ3v) is 3.53. The van der Waals surface area contributed by atoms with Gasteiger partial charge < -0.3 is 14.7 Å². The van der Waals surface area contributed by atoms with Gasteiger partial charge in [-0.1, -0.05) is 13.8 Å². The first-order chi connectivity index (χ1) is 7.76. The van der Waals surface area contributed by atoms with Crippen LogP contribution in [-0.2, 0) is 0 Å². The second-order valence-electron chi connectivity index (χ2n) is 4.93. The first kappa shape index (κ1) is 13.9. The van der Waals surface area contributed by atoms with E-state index in [-0.39, 0.29) is 0 Å². The van der Waals surface area contributed by atoms with E-state index in [1.54, 1.807) is 0 Å². The van der Waals surface area contributed by atoms with Gasteiger partial charge in [-0.15, -0.1) is 0 Å². The van der Waals surface area contributed by atoms with Crippen LogP contribution in [0.15, 0.2) is 0 Å². The summed E-state index contributed by atoms with van der Waals surface area (Å²) in [5.41, 5.74) is 0. The minimum absolute atomic E-state index is 1.20. The Labute approximate surface area is 101 Å². The number of nitrogens with zero attached hydrogens (tertiary/aromatic N) is 3. The van der Waals surface area contributed by atoms with Crippen LogP contribution in [0.1, 0.15) is 26.7 Å². The predicted molar refractivity (Wildman–Crippen MR) is 71.0 cm³/mol. The maximum Gasteiger partial charge on any atom is 0.0110 e. The van der Waals surface area contributed by atoms with Gasteiger partial charge in [0.05, 0.1) is 0 Å². The molecule has 0 aromatic heterocycles. The number of rotatable bonds is 7. The molecule has 96 valence electrons. The quantitative estimate of drug-likeness (QED) is 0.650. The summed E-state index contributed by atoms with van der Waals surface area (Å²) in [6.45, 7) is 14.6. The second kappa shape index (κ2) is 8.04. The first-order valence-electron chi connectivity index (χ1n) is 6.89. The molecule has 0 N–H and O–H groups in total. The average molecular weight is 227 g/mol. The Kier molecular flexibility index (Phi) is 7.01. The first-order valence-corrected chi connectivity index (χ1v) is 6.89. The van der Waals surface area contributed by atoms with E-state index < -0.39 is 0 Å². The number of piperazine rings is 1. The molecule has 0 unspecified atom stereocenters. The summed E-state index contributed by atoms with van der Waals surface area (Å²) in [6.07, 6.45) is 2.61. The smallest absolute Gasteiger partial charge is 0.0110 e. The molecule has 0 aromatic carbocycles. The van der Waals surface area contributed by atoms with Gasteiger partial charge in [0.2, 0.25) is 0 Å². The highest BCUT2D eigenvalue weighted by atomic mass is 15.2. The fraction of sp³-hybridized carbons (Fsp3) is 1.00. The highest BCUT2D eigenvalue weighted by Gasteiger charge is 2.13. The molecule has 0 aromatic rings. The molecule has 0 aliphatic carbocycles. The second-order valence-corrected chi connectivity index (χ2v) is 4.93. The molecule has 16 heavy (non-hydrogen) atoms. The SMILES string of the molecule is CCCN(CC)CCCN1CCN(C)CC1. The summed E-state index contributed by atoms with van der Waals surface area (Å²) in [5, 5.41) is 0. The van der Waals surface area contributed by atoms with E-state index in [0.29, 0.717) is 0 Å². The highest BCUT2D eigenvalue weighted by Crippen LogP contribution is 2.01. The molecular formula is C13H29N3. The maximum atomic E-state index is 2.61. The summed E-state index contributed by atoms with van der Waals surface area (Å²) < 4.78 is 0. The van der Waals surface area contributed by atoms with E-state index in [1.165, 1.54) is 65.2 Å². The molecule has 0 bridgehead atoms. The molecule has 0 amide bonds. The van der Waals surface area contributed by atoms with E-state index >= 15 is 0 Å². The van der Waals surface area contributed by atoms with Crippen molar-refractivity contribution in [3.05, 3.63) is 0 Å². The molecule has 3 nitrogen and oxygen atoms in total. The largest absolute Gasteiger partial charge is 0.304 e. The minimum Gasteiger partial charge on any atom is -0.304 e. The zero-order valence-electron chi connectivity index (χ0n) is 11.4. The molecule has 1 rings (SSSR count). The van der Waals surface area contributed by atoms with Gasteiger partial charge in [0.1, 0.15) is 0 Å². The van der Waals surface area contributed by atoms with Gasteiger partial charge in [-0.05, 0) is 46.1 Å². The maximum absolute atomic E-state index is 2.61. The van der Waals surface area contributed by atoms with Crippen LogP contribution in [0.3, 0.4) is 0 Å². The molecule has 1 aliphatic rings. The van der Waals surface area contributed by atoms with Crippen molar-refractivity contribution in [3.8, 4) is 0 Å². The van der Waals surface area contributed by atoms with Crippen molar-refractivity contribution in [1.82, 2.24) is 14.7 Å². The van der Waals surface area contributed by atoms with Crippen molar-refractivity contribution in [2.75, 3.05) is 59.4 Å². The van der Waals surface area contributed by atoms with Gasteiger partial charge >= 0.3 is 0 Å². The molecule has 1 fully saturated rings. The third-order valence-electron chi connectivity index (χ3n) is 3.53. The van der Waals surface area contributed by atoms with E-state index in [0.717, 1.165) is 0 Å². The summed E-state index contributed by atoms with van der Waals surface area (Å²) in [4.78, 5) is 7.60. The van der Waals surface area contributed by atoms with Gasteiger partial charge in [0.25, 0.3) is 0 Å². The van der Waals surface area contributed by atoms with Gasteiger partial charge in [0, 0.05) is 26.2 Å². The van der Waals surface area contributed by atoms with Crippen LogP contribution in [0.4, 0.5) is 0 Å². The topological polar surface area (TPSA) is 9.72 Å². The third kappa shape index (κ3) is 5.28. The van der Waals surface area contributed by atoms with E-state index in [4.69, 9.17) is 0 Å². The van der Waals surface area contributed by atoms with Gasteiger partial charge in [0.15, 0.2) is 0 Å². The molecule has 1 heterocycles. The summed E-state index contributed by atoms with van der Waals surface area (Å²) in [5.74, 6) is 0. The van der Waals surface area contributed by atoms with Gasteiger partial charge in [-0.2, -0.15) is 0 Å². The predicted octanol–water partition coefficient (Wildman–Crippen LogP) is 1.36. The van der Waals surface area contributed by atoms with Crippen molar-refractivity contribution < 1.29 is 0 Å². The van der Waals surface area contributed by atoms with Crippen LogP contribution in [-0.4, -0.2) is 74.1 Å². The molecule has 0 spiro atoms. The Morgan fingerprint density at radius 1 is 1.00 bits per heavy atom. The summed E-state index contributed by atoms with van der Waals surface area (Å²) >= 11 is 0. The van der Waals surface area contributed by atoms with Crippen LogP contribution in [0.5, 0.6) is 0 Å². The van der Waals surface area contributed by atoms with Crippen molar-refractivity contribution >= 4 is 0 Å². The lowest BCUT2D eigenvalue weighted by atomic mass is 10.3. The van der Waals surface area contributed by atoms with Crippen LogP contribution in [0.2, 0.25) is 0 Å². The van der Waals surface area contributed by atoms with Crippen LogP contribution in [0, 0.1) is 0 Å². The molecule has 3 heteroatoms. The van der Waals surface area contributed by atoms with Gasteiger partial charge in [-0.3, -0.25) is 0 Å². The number of hydrogen-bond donors (Lipinski definition) is 0. The van der Waals surface area contributed by atoms with Crippen LogP contribution >= 0.6 is 0 Å². The Balaban J connectivity index is 2.05. The lowest BCUT2D eigenvalue weighted by Gasteiger charge is -2.32. The summed E-state index contributed by atoms with van der Waals surface area (Å²) in [6, 6.07) is 0. The molecule has 0 atom stereocenters. The zero-order chi connectivity index (χ0) is 11.8. The van der Waals surface area contributed by atoms with Crippen molar-refractivity contribution in [3.63, 3.8) is 0 Å².